The Morgan fingerprint density at radius 3 is 2.44 bits per heavy atom. The number of hydrogen-bond donors (Lipinski definition) is 0. The van der Waals surface area contributed by atoms with Crippen LogP contribution in [0.5, 0.6) is 0 Å². The third-order valence-corrected chi connectivity index (χ3v) is 8.35. The Morgan fingerprint density at radius 2 is 1.64 bits per heavy atom. The van der Waals surface area contributed by atoms with Crippen LogP contribution >= 0.6 is 0 Å². The molecule has 1 aliphatic carbocycles. The van der Waals surface area contributed by atoms with Crippen LogP contribution in [0.25, 0.3) is 11.1 Å². The number of nitrogens with zero attached hydrogens (tertiary/aromatic N) is 4. The number of urea groups is 1. The molecular weight excluding hydrogens is 448 g/mol. The maximum Gasteiger partial charge on any atom is 0.327 e. The van der Waals surface area contributed by atoms with Gasteiger partial charge in [0.05, 0.1) is 0 Å². The molecule has 6 nitrogen and oxygen atoms in total. The summed E-state index contributed by atoms with van der Waals surface area (Å²) in [5, 5.41) is 0. The van der Waals surface area contributed by atoms with E-state index in [4.69, 9.17) is 0 Å². The van der Waals surface area contributed by atoms with E-state index in [0.29, 0.717) is 19.4 Å². The zero-order valence-corrected chi connectivity index (χ0v) is 20.8. The highest BCUT2D eigenvalue weighted by Gasteiger charge is 2.56. The fraction of sp³-hybridized carbons (Fsp3) is 0.367. The number of fused-ring (bicyclic) bond motifs is 3. The SMILES string of the molecule is CN1C(=O)N(CCCc2ccncc2)C(=O)C12CCN(Cc1ccc3c(c1)Cc1ccccc1-3)CC2. The second-order valence-electron chi connectivity index (χ2n) is 10.4. The van der Waals surface area contributed by atoms with E-state index in [1.807, 2.05) is 12.1 Å². The Balaban J connectivity index is 1.07. The molecular formula is C30H32N4O2. The molecule has 36 heavy (non-hydrogen) atoms. The largest absolute Gasteiger partial charge is 0.327 e. The predicted molar refractivity (Wildman–Crippen MR) is 139 cm³/mol. The van der Waals surface area contributed by atoms with Crippen molar-refractivity contribution in [3.8, 4) is 11.1 Å². The van der Waals surface area contributed by atoms with Gasteiger partial charge in [-0.05, 0) is 77.6 Å². The Hall–Kier alpha value is -3.51. The molecule has 3 heterocycles. The van der Waals surface area contributed by atoms with E-state index in [2.05, 4.69) is 52.3 Å². The first kappa shape index (κ1) is 22.9. The van der Waals surface area contributed by atoms with Crippen LogP contribution in [0.4, 0.5) is 4.79 Å². The number of piperidine rings is 1. The molecule has 0 bridgehead atoms. The van der Waals surface area contributed by atoms with Crippen molar-refractivity contribution in [2.24, 2.45) is 0 Å². The predicted octanol–water partition coefficient (Wildman–Crippen LogP) is 4.51. The number of likely N-dealkylation sites (tertiary alicyclic amines) is 1. The normalized spacial score (nSPS) is 18.7. The summed E-state index contributed by atoms with van der Waals surface area (Å²) in [6.07, 6.45) is 7.52. The van der Waals surface area contributed by atoms with E-state index in [1.54, 1.807) is 24.3 Å². The highest BCUT2D eigenvalue weighted by atomic mass is 16.2. The van der Waals surface area contributed by atoms with Gasteiger partial charge in [-0.15, -0.1) is 0 Å². The van der Waals surface area contributed by atoms with Crippen molar-refractivity contribution < 1.29 is 9.59 Å². The van der Waals surface area contributed by atoms with Crippen molar-refractivity contribution in [3.05, 3.63) is 89.2 Å². The molecule has 3 amide bonds. The van der Waals surface area contributed by atoms with E-state index in [-0.39, 0.29) is 11.9 Å². The van der Waals surface area contributed by atoms with Gasteiger partial charge in [0.25, 0.3) is 5.91 Å². The molecule has 0 radical (unpaired) electrons. The molecule has 3 aliphatic rings. The van der Waals surface area contributed by atoms with E-state index < -0.39 is 5.54 Å². The van der Waals surface area contributed by atoms with Gasteiger partial charge in [0.1, 0.15) is 5.54 Å². The molecule has 6 rings (SSSR count). The summed E-state index contributed by atoms with van der Waals surface area (Å²) in [7, 11) is 1.80. The molecule has 0 N–H and O–H groups in total. The van der Waals surface area contributed by atoms with Crippen molar-refractivity contribution in [1.82, 2.24) is 19.7 Å². The van der Waals surface area contributed by atoms with Crippen LogP contribution in [-0.2, 0) is 24.2 Å². The van der Waals surface area contributed by atoms with Crippen LogP contribution in [0, 0.1) is 0 Å². The first-order chi connectivity index (χ1) is 17.5. The number of pyridine rings is 1. The van der Waals surface area contributed by atoms with Crippen LogP contribution in [0.3, 0.4) is 0 Å². The van der Waals surface area contributed by atoms with Gasteiger partial charge >= 0.3 is 6.03 Å². The lowest BCUT2D eigenvalue weighted by molar-refractivity contribution is -0.135. The summed E-state index contributed by atoms with van der Waals surface area (Å²) in [6.45, 7) is 2.96. The van der Waals surface area contributed by atoms with Crippen LogP contribution in [-0.4, -0.2) is 63.8 Å². The summed E-state index contributed by atoms with van der Waals surface area (Å²) in [5.74, 6) is -0.0142. The number of imide groups is 1. The molecule has 0 atom stereocenters. The number of aromatic nitrogens is 1. The number of rotatable bonds is 6. The summed E-state index contributed by atoms with van der Waals surface area (Å²) < 4.78 is 0. The lowest BCUT2D eigenvalue weighted by Gasteiger charge is -2.40. The Labute approximate surface area is 212 Å². The second-order valence-corrected chi connectivity index (χ2v) is 10.4. The minimum absolute atomic E-state index is 0.0142. The third kappa shape index (κ3) is 3.90. The Morgan fingerprint density at radius 1 is 0.889 bits per heavy atom. The zero-order valence-electron chi connectivity index (χ0n) is 20.8. The Kier molecular flexibility index (Phi) is 5.84. The molecule has 6 heteroatoms. The maximum absolute atomic E-state index is 13.5. The number of amides is 3. The monoisotopic (exact) mass is 480 g/mol. The molecule has 184 valence electrons. The molecule has 1 spiro atoms. The minimum Gasteiger partial charge on any atom is -0.312 e. The van der Waals surface area contributed by atoms with Gasteiger partial charge < -0.3 is 4.90 Å². The molecule has 2 aliphatic heterocycles. The average molecular weight is 481 g/mol. The molecule has 0 unspecified atom stereocenters. The first-order valence-corrected chi connectivity index (χ1v) is 13.0. The molecule has 2 aromatic carbocycles. The van der Waals surface area contributed by atoms with Gasteiger partial charge in [0, 0.05) is 45.6 Å². The quantitative estimate of drug-likeness (QED) is 0.381. The van der Waals surface area contributed by atoms with Gasteiger partial charge in [-0.25, -0.2) is 4.79 Å². The zero-order chi connectivity index (χ0) is 24.7. The summed E-state index contributed by atoms with van der Waals surface area (Å²) >= 11 is 0. The van der Waals surface area contributed by atoms with E-state index in [0.717, 1.165) is 38.9 Å². The van der Waals surface area contributed by atoms with Gasteiger partial charge in [-0.2, -0.15) is 0 Å². The Bertz CT molecular complexity index is 1300. The van der Waals surface area contributed by atoms with Crippen molar-refractivity contribution in [1.29, 1.82) is 0 Å². The highest BCUT2D eigenvalue weighted by Crippen LogP contribution is 2.38. The number of hydrogen-bond acceptors (Lipinski definition) is 4. The molecule has 1 aromatic heterocycles. The minimum atomic E-state index is -0.691. The van der Waals surface area contributed by atoms with Crippen molar-refractivity contribution >= 4 is 11.9 Å². The number of benzene rings is 2. The standard InChI is InChI=1S/C30H32N4O2/c1-32-29(36)34(16-4-5-22-10-14-31-15-11-22)28(35)30(32)12-17-33(18-13-30)21-23-8-9-27-25(19-23)20-24-6-2-3-7-26(24)27/h2-3,6-11,14-15,19H,4-5,12-13,16-18,20-21H2,1H3. The first-order valence-electron chi connectivity index (χ1n) is 13.0. The number of likely N-dealkylation sites (N-methyl/N-ethyl adjacent to an activating group) is 1. The molecule has 3 aromatic rings. The van der Waals surface area contributed by atoms with E-state index >= 15 is 0 Å². The third-order valence-electron chi connectivity index (χ3n) is 8.35. The maximum atomic E-state index is 13.5. The fourth-order valence-electron chi connectivity index (χ4n) is 6.22. The number of carbonyl (C=O) groups excluding carboxylic acids is 2. The van der Waals surface area contributed by atoms with Gasteiger partial charge in [0.2, 0.25) is 0 Å². The van der Waals surface area contributed by atoms with Gasteiger partial charge in [-0.1, -0.05) is 42.5 Å². The van der Waals surface area contributed by atoms with E-state index in [9.17, 15) is 9.59 Å². The summed E-state index contributed by atoms with van der Waals surface area (Å²) in [5.41, 5.74) is 7.32. The summed E-state index contributed by atoms with van der Waals surface area (Å²) in [4.78, 5) is 36.2. The van der Waals surface area contributed by atoms with Crippen LogP contribution in [0.1, 0.15) is 41.5 Å². The van der Waals surface area contributed by atoms with E-state index in [1.165, 1.54) is 38.3 Å². The second kappa shape index (κ2) is 9.17. The van der Waals surface area contributed by atoms with Gasteiger partial charge in [0.15, 0.2) is 0 Å². The van der Waals surface area contributed by atoms with Crippen LogP contribution < -0.4 is 0 Å². The molecule has 0 saturated carbocycles. The van der Waals surface area contributed by atoms with Crippen molar-refractivity contribution in [2.45, 2.75) is 44.2 Å². The van der Waals surface area contributed by atoms with Crippen molar-refractivity contribution in [3.63, 3.8) is 0 Å². The van der Waals surface area contributed by atoms with Crippen molar-refractivity contribution in [2.75, 3.05) is 26.7 Å². The molecule has 2 saturated heterocycles. The van der Waals surface area contributed by atoms with Crippen LogP contribution in [0.15, 0.2) is 67.0 Å². The smallest absolute Gasteiger partial charge is 0.312 e. The highest BCUT2D eigenvalue weighted by molar-refractivity contribution is 6.07. The average Bonchev–Trinajstić information content (AvgIpc) is 3.35. The summed E-state index contributed by atoms with van der Waals surface area (Å²) in [6, 6.07) is 19.3. The lowest BCUT2D eigenvalue weighted by atomic mass is 9.86. The van der Waals surface area contributed by atoms with Crippen LogP contribution in [0.2, 0.25) is 0 Å². The number of carbonyl (C=O) groups is 2. The lowest BCUT2D eigenvalue weighted by Crippen LogP contribution is -2.55. The topological polar surface area (TPSA) is 56.8 Å². The number of aryl methyl sites for hydroxylation is 1. The fourth-order valence-corrected chi connectivity index (χ4v) is 6.22. The van der Waals surface area contributed by atoms with Gasteiger partial charge in [-0.3, -0.25) is 19.6 Å². The molecule has 2 fully saturated rings.